The largest absolute Gasteiger partial charge is 0.485 e. The van der Waals surface area contributed by atoms with E-state index in [1.807, 2.05) is 6.07 Å². The van der Waals surface area contributed by atoms with Crippen molar-refractivity contribution in [2.75, 3.05) is 0 Å². The van der Waals surface area contributed by atoms with Crippen LogP contribution in [-0.4, -0.2) is 11.2 Å². The third-order valence-corrected chi connectivity index (χ3v) is 3.30. The predicted molar refractivity (Wildman–Crippen MR) is 71.9 cm³/mol. The van der Waals surface area contributed by atoms with Crippen LogP contribution in [0.4, 0.5) is 0 Å². The maximum atomic E-state index is 5.89. The Morgan fingerprint density at radius 2 is 2.26 bits per heavy atom. The van der Waals surface area contributed by atoms with Crippen LogP contribution in [0.1, 0.15) is 29.7 Å². The fourth-order valence-corrected chi connectivity index (χ4v) is 2.06. The van der Waals surface area contributed by atoms with Crippen LogP contribution in [-0.2, 0) is 13.2 Å². The highest BCUT2D eigenvalue weighted by molar-refractivity contribution is 5.40. The van der Waals surface area contributed by atoms with Gasteiger partial charge in [-0.15, -0.1) is 0 Å². The third-order valence-electron chi connectivity index (χ3n) is 3.30. The number of para-hydroxylation sites is 1. The molecule has 0 atom stereocenters. The van der Waals surface area contributed by atoms with Gasteiger partial charge < -0.3 is 14.6 Å². The number of nitrogens with one attached hydrogen (secondary N) is 1. The van der Waals surface area contributed by atoms with Gasteiger partial charge in [-0.2, -0.15) is 0 Å². The second-order valence-electron chi connectivity index (χ2n) is 4.99. The minimum atomic E-state index is 0.418. The summed E-state index contributed by atoms with van der Waals surface area (Å²) in [5.41, 5.74) is 2.35. The Balaban J connectivity index is 1.69. The lowest BCUT2D eigenvalue weighted by Gasteiger charge is -2.13. The average molecular weight is 258 g/mol. The van der Waals surface area contributed by atoms with Gasteiger partial charge >= 0.3 is 0 Å². The SMILES string of the molecule is Cc1cccc(CNC2CC2)c1OCc1ccno1. The molecule has 1 aliphatic carbocycles. The summed E-state index contributed by atoms with van der Waals surface area (Å²) >= 11 is 0. The Bertz CT molecular complexity index is 533. The highest BCUT2D eigenvalue weighted by Crippen LogP contribution is 2.26. The molecule has 1 aromatic heterocycles. The van der Waals surface area contributed by atoms with Crippen LogP contribution in [0.25, 0.3) is 0 Å². The molecule has 0 spiro atoms. The molecule has 1 aromatic carbocycles. The molecular formula is C15H18N2O2. The van der Waals surface area contributed by atoms with Crippen molar-refractivity contribution in [1.29, 1.82) is 0 Å². The first kappa shape index (κ1) is 12.2. The highest BCUT2D eigenvalue weighted by Gasteiger charge is 2.20. The van der Waals surface area contributed by atoms with Gasteiger partial charge in [-0.25, -0.2) is 0 Å². The van der Waals surface area contributed by atoms with Gasteiger partial charge in [-0.1, -0.05) is 23.4 Å². The zero-order chi connectivity index (χ0) is 13.1. The first-order valence-electron chi connectivity index (χ1n) is 6.67. The molecule has 0 saturated heterocycles. The van der Waals surface area contributed by atoms with Crippen molar-refractivity contribution in [3.63, 3.8) is 0 Å². The van der Waals surface area contributed by atoms with Gasteiger partial charge in [0.25, 0.3) is 0 Å². The summed E-state index contributed by atoms with van der Waals surface area (Å²) in [4.78, 5) is 0. The Morgan fingerprint density at radius 3 is 3.00 bits per heavy atom. The molecule has 4 nitrogen and oxygen atoms in total. The van der Waals surface area contributed by atoms with E-state index in [1.54, 1.807) is 6.20 Å². The van der Waals surface area contributed by atoms with Gasteiger partial charge in [0.15, 0.2) is 5.76 Å². The number of ether oxygens (including phenoxy) is 1. The summed E-state index contributed by atoms with van der Waals surface area (Å²) < 4.78 is 10.9. The van der Waals surface area contributed by atoms with Crippen molar-refractivity contribution in [1.82, 2.24) is 10.5 Å². The topological polar surface area (TPSA) is 47.3 Å². The minimum Gasteiger partial charge on any atom is -0.485 e. The zero-order valence-electron chi connectivity index (χ0n) is 11.1. The van der Waals surface area contributed by atoms with E-state index in [2.05, 4.69) is 35.6 Å². The Kier molecular flexibility index (Phi) is 3.51. The summed E-state index contributed by atoms with van der Waals surface area (Å²) in [6, 6.07) is 8.76. The van der Waals surface area contributed by atoms with Gasteiger partial charge in [0, 0.05) is 24.2 Å². The molecule has 2 aromatic rings. The monoisotopic (exact) mass is 258 g/mol. The van der Waals surface area contributed by atoms with E-state index in [9.17, 15) is 0 Å². The lowest BCUT2D eigenvalue weighted by Crippen LogP contribution is -2.16. The van der Waals surface area contributed by atoms with Crippen molar-refractivity contribution in [2.24, 2.45) is 0 Å². The lowest BCUT2D eigenvalue weighted by molar-refractivity contribution is 0.245. The fourth-order valence-electron chi connectivity index (χ4n) is 2.06. The number of aromatic nitrogens is 1. The van der Waals surface area contributed by atoms with Crippen LogP contribution in [0.3, 0.4) is 0 Å². The number of benzene rings is 1. The first-order chi connectivity index (χ1) is 9.33. The van der Waals surface area contributed by atoms with Gasteiger partial charge in [-0.05, 0) is 25.3 Å². The smallest absolute Gasteiger partial charge is 0.174 e. The van der Waals surface area contributed by atoms with Crippen LogP contribution in [0.2, 0.25) is 0 Å². The lowest BCUT2D eigenvalue weighted by atomic mass is 10.1. The molecule has 1 N–H and O–H groups in total. The second kappa shape index (κ2) is 5.45. The third kappa shape index (κ3) is 3.15. The molecule has 1 saturated carbocycles. The summed E-state index contributed by atoms with van der Waals surface area (Å²) in [6.45, 7) is 3.34. The van der Waals surface area contributed by atoms with Gasteiger partial charge in [-0.3, -0.25) is 0 Å². The average Bonchev–Trinajstić information content (AvgIpc) is 3.10. The summed E-state index contributed by atoms with van der Waals surface area (Å²) in [6.07, 6.45) is 4.21. The summed E-state index contributed by atoms with van der Waals surface area (Å²) in [5, 5.41) is 7.20. The van der Waals surface area contributed by atoms with Crippen molar-refractivity contribution < 1.29 is 9.26 Å². The Morgan fingerprint density at radius 1 is 1.37 bits per heavy atom. The van der Waals surface area contributed by atoms with E-state index in [0.29, 0.717) is 12.6 Å². The molecule has 0 amide bonds. The number of hydrogen-bond donors (Lipinski definition) is 1. The molecular weight excluding hydrogens is 240 g/mol. The van der Waals surface area contributed by atoms with Crippen LogP contribution < -0.4 is 10.1 Å². The van der Waals surface area contributed by atoms with E-state index < -0.39 is 0 Å². The van der Waals surface area contributed by atoms with Crippen molar-refractivity contribution in [2.45, 2.75) is 39.0 Å². The van der Waals surface area contributed by atoms with Crippen LogP contribution in [0, 0.1) is 6.92 Å². The fraction of sp³-hybridized carbons (Fsp3) is 0.400. The van der Waals surface area contributed by atoms with Gasteiger partial charge in [0.05, 0.1) is 6.20 Å². The molecule has 1 aliphatic rings. The molecule has 1 heterocycles. The Labute approximate surface area is 112 Å². The molecule has 100 valence electrons. The summed E-state index contributed by atoms with van der Waals surface area (Å²) in [7, 11) is 0. The molecule has 0 unspecified atom stereocenters. The summed E-state index contributed by atoms with van der Waals surface area (Å²) in [5.74, 6) is 1.69. The molecule has 0 bridgehead atoms. The number of aryl methyl sites for hydroxylation is 1. The standard InChI is InChI=1S/C15H18N2O2/c1-11-3-2-4-12(9-16-13-5-6-13)15(11)18-10-14-7-8-17-19-14/h2-4,7-8,13,16H,5-6,9-10H2,1H3. The molecule has 0 aliphatic heterocycles. The van der Waals surface area contributed by atoms with Gasteiger partial charge in [0.2, 0.25) is 0 Å². The number of hydrogen-bond acceptors (Lipinski definition) is 4. The first-order valence-corrected chi connectivity index (χ1v) is 6.67. The van der Waals surface area contributed by atoms with E-state index >= 15 is 0 Å². The zero-order valence-corrected chi connectivity index (χ0v) is 11.1. The predicted octanol–water partition coefficient (Wildman–Crippen LogP) is 2.81. The van der Waals surface area contributed by atoms with E-state index in [4.69, 9.17) is 9.26 Å². The van der Waals surface area contributed by atoms with Crippen molar-refractivity contribution >= 4 is 0 Å². The maximum Gasteiger partial charge on any atom is 0.174 e. The molecule has 4 heteroatoms. The molecule has 0 radical (unpaired) electrons. The quantitative estimate of drug-likeness (QED) is 0.865. The number of rotatable bonds is 6. The number of nitrogens with zero attached hydrogens (tertiary/aromatic N) is 1. The Hall–Kier alpha value is -1.81. The van der Waals surface area contributed by atoms with E-state index in [1.165, 1.54) is 18.4 Å². The molecule has 3 rings (SSSR count). The second-order valence-corrected chi connectivity index (χ2v) is 4.99. The minimum absolute atomic E-state index is 0.418. The maximum absolute atomic E-state index is 5.89. The molecule has 19 heavy (non-hydrogen) atoms. The van der Waals surface area contributed by atoms with Crippen molar-refractivity contribution in [3.05, 3.63) is 47.3 Å². The van der Waals surface area contributed by atoms with E-state index in [0.717, 1.165) is 23.6 Å². The van der Waals surface area contributed by atoms with Crippen LogP contribution in [0.15, 0.2) is 35.0 Å². The molecule has 1 fully saturated rings. The highest BCUT2D eigenvalue weighted by atomic mass is 16.5. The van der Waals surface area contributed by atoms with E-state index in [-0.39, 0.29) is 0 Å². The normalized spacial score (nSPS) is 14.6. The van der Waals surface area contributed by atoms with Crippen LogP contribution in [0.5, 0.6) is 5.75 Å². The van der Waals surface area contributed by atoms with Gasteiger partial charge in [0.1, 0.15) is 12.4 Å². The van der Waals surface area contributed by atoms with Crippen molar-refractivity contribution in [3.8, 4) is 5.75 Å². The van der Waals surface area contributed by atoms with Crippen LogP contribution >= 0.6 is 0 Å².